The second-order valence-corrected chi connectivity index (χ2v) is 7.02. The first kappa shape index (κ1) is 21.5. The Hall–Kier alpha value is -3.20. The van der Waals surface area contributed by atoms with Crippen molar-refractivity contribution in [3.8, 4) is 5.75 Å². The smallest absolute Gasteiger partial charge is 0.273 e. The van der Waals surface area contributed by atoms with E-state index >= 15 is 0 Å². The van der Waals surface area contributed by atoms with E-state index in [1.54, 1.807) is 42.2 Å². The monoisotopic (exact) mass is 413 g/mol. The van der Waals surface area contributed by atoms with Crippen molar-refractivity contribution >= 4 is 17.9 Å². The highest BCUT2D eigenvalue weighted by molar-refractivity contribution is 5.92. The first-order chi connectivity index (χ1) is 14.6. The number of likely N-dealkylation sites (tertiary alicyclic amines) is 1. The van der Waals surface area contributed by atoms with Crippen LogP contribution < -0.4 is 10.1 Å². The number of aromatic nitrogens is 3. The second kappa shape index (κ2) is 10.5. The zero-order valence-electron chi connectivity index (χ0n) is 17.3. The Morgan fingerprint density at radius 1 is 1.27 bits per heavy atom. The minimum Gasteiger partial charge on any atom is -0.497 e. The van der Waals surface area contributed by atoms with Gasteiger partial charge in [-0.15, -0.1) is 5.10 Å². The number of amides is 2. The fraction of sp³-hybridized carbons (Fsp3) is 0.429. The predicted octanol–water partition coefficient (Wildman–Crippen LogP) is 1.54. The van der Waals surface area contributed by atoms with Crippen LogP contribution in [0.1, 0.15) is 34.9 Å². The highest BCUT2D eigenvalue weighted by Crippen LogP contribution is 2.21. The van der Waals surface area contributed by atoms with Crippen molar-refractivity contribution in [3.05, 3.63) is 47.8 Å². The molecule has 1 aliphatic rings. The van der Waals surface area contributed by atoms with Crippen LogP contribution in [0, 0.1) is 0 Å². The molecule has 9 heteroatoms. The van der Waals surface area contributed by atoms with Crippen LogP contribution in [0.3, 0.4) is 0 Å². The molecule has 1 unspecified atom stereocenters. The summed E-state index contributed by atoms with van der Waals surface area (Å²) in [5.74, 6) is 0.439. The molecule has 9 nitrogen and oxygen atoms in total. The Kier molecular flexibility index (Phi) is 7.56. The summed E-state index contributed by atoms with van der Waals surface area (Å²) in [5.41, 5.74) is 1.19. The number of piperidine rings is 1. The highest BCUT2D eigenvalue weighted by Gasteiger charge is 2.25. The lowest BCUT2D eigenvalue weighted by Crippen LogP contribution is -2.40. The van der Waals surface area contributed by atoms with Crippen molar-refractivity contribution in [2.45, 2.75) is 18.9 Å². The molecule has 2 heterocycles. The maximum Gasteiger partial charge on any atom is 0.273 e. The lowest BCUT2D eigenvalue weighted by Gasteiger charge is -2.31. The van der Waals surface area contributed by atoms with Gasteiger partial charge in [-0.2, -0.15) is 0 Å². The van der Waals surface area contributed by atoms with Crippen LogP contribution >= 0.6 is 0 Å². The third kappa shape index (κ3) is 5.66. The van der Waals surface area contributed by atoms with Gasteiger partial charge in [0.05, 0.1) is 26.0 Å². The molecule has 1 saturated heterocycles. The maximum atomic E-state index is 12.6. The molecule has 0 saturated carbocycles. The number of hydrogen-bond donors (Lipinski definition) is 1. The van der Waals surface area contributed by atoms with E-state index < -0.39 is 0 Å². The summed E-state index contributed by atoms with van der Waals surface area (Å²) in [6.07, 6.45) is 6.75. The van der Waals surface area contributed by atoms with Crippen LogP contribution in [-0.2, 0) is 9.53 Å². The van der Waals surface area contributed by atoms with E-state index in [-0.39, 0.29) is 23.6 Å². The number of hydrogen-bond acceptors (Lipinski definition) is 6. The average Bonchev–Trinajstić information content (AvgIpc) is 3.28. The summed E-state index contributed by atoms with van der Waals surface area (Å²) in [4.78, 5) is 26.5. The van der Waals surface area contributed by atoms with Gasteiger partial charge in [0.25, 0.3) is 5.91 Å². The maximum absolute atomic E-state index is 12.6. The van der Waals surface area contributed by atoms with Gasteiger partial charge >= 0.3 is 0 Å². The van der Waals surface area contributed by atoms with E-state index in [0.717, 1.165) is 24.2 Å². The lowest BCUT2D eigenvalue weighted by atomic mass is 10.1. The largest absolute Gasteiger partial charge is 0.497 e. The van der Waals surface area contributed by atoms with E-state index in [1.165, 1.54) is 0 Å². The van der Waals surface area contributed by atoms with Gasteiger partial charge in [-0.1, -0.05) is 17.3 Å². The molecular formula is C21H27N5O4. The van der Waals surface area contributed by atoms with E-state index in [2.05, 4.69) is 15.6 Å². The molecule has 0 aliphatic carbocycles. The van der Waals surface area contributed by atoms with Crippen LogP contribution in [0.4, 0.5) is 0 Å². The van der Waals surface area contributed by atoms with Gasteiger partial charge in [0.1, 0.15) is 5.75 Å². The molecule has 0 spiro atoms. The fourth-order valence-electron chi connectivity index (χ4n) is 3.28. The third-order valence-electron chi connectivity index (χ3n) is 4.95. The molecule has 1 atom stereocenters. The molecule has 1 N–H and O–H groups in total. The number of carbonyl (C=O) groups excluding carboxylic acids is 2. The summed E-state index contributed by atoms with van der Waals surface area (Å²) in [7, 11) is 3.19. The number of rotatable bonds is 8. The number of carbonyl (C=O) groups is 2. The van der Waals surface area contributed by atoms with Gasteiger partial charge in [-0.3, -0.25) is 9.59 Å². The molecule has 1 aliphatic heterocycles. The number of benzene rings is 1. The standard InChI is InChI=1S/C21H27N5O4/c1-29-13-11-22-21(28)19-15-26(24-23-19)17-4-3-12-25(14-17)20(27)10-7-16-5-8-18(30-2)9-6-16/h5-10,15,17H,3-4,11-14H2,1-2H3,(H,22,28)/b10-7+. The summed E-state index contributed by atoms with van der Waals surface area (Å²) >= 11 is 0. The van der Waals surface area contributed by atoms with E-state index in [9.17, 15) is 9.59 Å². The third-order valence-corrected chi connectivity index (χ3v) is 4.95. The SMILES string of the molecule is COCCNC(=O)c1cn(C2CCCN(C(=O)/C=C/c3ccc(OC)cc3)C2)nn1. The molecule has 1 aromatic heterocycles. The molecule has 2 aromatic rings. The van der Waals surface area contributed by atoms with Crippen molar-refractivity contribution in [2.24, 2.45) is 0 Å². The molecule has 0 radical (unpaired) electrons. The normalized spacial score (nSPS) is 16.6. The quantitative estimate of drug-likeness (QED) is 0.521. The number of nitrogens with zero attached hydrogens (tertiary/aromatic N) is 4. The molecule has 30 heavy (non-hydrogen) atoms. The molecule has 1 aromatic carbocycles. The summed E-state index contributed by atoms with van der Waals surface area (Å²) in [5, 5.41) is 10.8. The Morgan fingerprint density at radius 2 is 2.07 bits per heavy atom. The van der Waals surface area contributed by atoms with Crippen LogP contribution in [0.2, 0.25) is 0 Å². The van der Waals surface area contributed by atoms with Crippen molar-refractivity contribution < 1.29 is 19.1 Å². The van der Waals surface area contributed by atoms with Crippen LogP contribution in [0.15, 0.2) is 36.5 Å². The number of nitrogens with one attached hydrogen (secondary N) is 1. The first-order valence-electron chi connectivity index (χ1n) is 9.90. The van der Waals surface area contributed by atoms with Crippen LogP contribution in [0.5, 0.6) is 5.75 Å². The Labute approximate surface area is 175 Å². The lowest BCUT2D eigenvalue weighted by molar-refractivity contribution is -0.127. The van der Waals surface area contributed by atoms with Gasteiger partial charge < -0.3 is 19.7 Å². The first-order valence-corrected chi connectivity index (χ1v) is 9.90. The minimum absolute atomic E-state index is 0.00916. The molecule has 3 rings (SSSR count). The zero-order chi connectivity index (χ0) is 21.3. The van der Waals surface area contributed by atoms with E-state index in [4.69, 9.17) is 9.47 Å². The Bertz CT molecular complexity index is 878. The van der Waals surface area contributed by atoms with Crippen molar-refractivity contribution in [1.82, 2.24) is 25.2 Å². The fourth-order valence-corrected chi connectivity index (χ4v) is 3.28. The highest BCUT2D eigenvalue weighted by atomic mass is 16.5. The minimum atomic E-state index is -0.288. The number of methoxy groups -OCH3 is 2. The van der Waals surface area contributed by atoms with Gasteiger partial charge in [0, 0.05) is 32.8 Å². The molecule has 1 fully saturated rings. The summed E-state index contributed by atoms with van der Waals surface area (Å²) in [6.45, 7) is 2.07. The van der Waals surface area contributed by atoms with E-state index in [0.29, 0.717) is 26.2 Å². The average molecular weight is 413 g/mol. The Balaban J connectivity index is 1.57. The molecule has 0 bridgehead atoms. The van der Waals surface area contributed by atoms with Crippen molar-refractivity contribution in [2.75, 3.05) is 40.5 Å². The summed E-state index contributed by atoms with van der Waals surface area (Å²) in [6, 6.07) is 7.50. The van der Waals surface area contributed by atoms with Gasteiger partial charge in [0.15, 0.2) is 5.69 Å². The van der Waals surface area contributed by atoms with E-state index in [1.807, 2.05) is 24.3 Å². The predicted molar refractivity (Wildman–Crippen MR) is 111 cm³/mol. The van der Waals surface area contributed by atoms with Crippen molar-refractivity contribution in [3.63, 3.8) is 0 Å². The zero-order valence-corrected chi connectivity index (χ0v) is 17.3. The van der Waals surface area contributed by atoms with Gasteiger partial charge in [-0.05, 0) is 36.6 Å². The molecule has 160 valence electrons. The van der Waals surface area contributed by atoms with Crippen LogP contribution in [-0.4, -0.2) is 72.2 Å². The number of ether oxygens (including phenoxy) is 2. The molecular weight excluding hydrogens is 386 g/mol. The topological polar surface area (TPSA) is 98.6 Å². The Morgan fingerprint density at radius 3 is 2.80 bits per heavy atom. The summed E-state index contributed by atoms with van der Waals surface area (Å²) < 4.78 is 11.7. The second-order valence-electron chi connectivity index (χ2n) is 7.02. The van der Waals surface area contributed by atoms with Crippen LogP contribution in [0.25, 0.3) is 6.08 Å². The van der Waals surface area contributed by atoms with Gasteiger partial charge in [0.2, 0.25) is 5.91 Å². The van der Waals surface area contributed by atoms with Crippen molar-refractivity contribution in [1.29, 1.82) is 0 Å². The van der Waals surface area contributed by atoms with Gasteiger partial charge in [-0.25, -0.2) is 4.68 Å². The molecule has 2 amide bonds.